The second kappa shape index (κ2) is 7.84. The van der Waals surface area contributed by atoms with E-state index in [1.54, 1.807) is 23.7 Å². The smallest absolute Gasteiger partial charge is 0.262 e. The number of hydrogen-bond donors (Lipinski definition) is 1. The fourth-order valence-electron chi connectivity index (χ4n) is 3.94. The van der Waals surface area contributed by atoms with E-state index in [1.807, 2.05) is 12.1 Å². The molecule has 0 bridgehead atoms. The minimum atomic E-state index is -0.433. The lowest BCUT2D eigenvalue weighted by Gasteiger charge is -2.24. The number of carbonyl (C=O) groups excluding carboxylic acids is 2. The van der Waals surface area contributed by atoms with Crippen molar-refractivity contribution in [2.45, 2.75) is 37.6 Å². The number of fused-ring (bicyclic) bond motifs is 3. The third kappa shape index (κ3) is 3.39. The van der Waals surface area contributed by atoms with Crippen molar-refractivity contribution in [1.82, 2.24) is 25.0 Å². The highest BCUT2D eigenvalue weighted by Gasteiger charge is 2.34. The molecule has 154 valence electrons. The average Bonchev–Trinajstić information content (AvgIpc) is 3.32. The van der Waals surface area contributed by atoms with E-state index < -0.39 is 5.91 Å². The first-order chi connectivity index (χ1) is 14.6. The molecule has 3 aromatic heterocycles. The first-order valence-electron chi connectivity index (χ1n) is 9.74. The Morgan fingerprint density at radius 2 is 2.00 bits per heavy atom. The van der Waals surface area contributed by atoms with Gasteiger partial charge in [-0.15, -0.1) is 23.1 Å². The molecule has 5 rings (SSSR count). The van der Waals surface area contributed by atoms with Crippen LogP contribution >= 0.6 is 23.1 Å². The first-order valence-corrected chi connectivity index (χ1v) is 11.6. The number of aryl methyl sites for hydroxylation is 2. The number of aromatic nitrogens is 3. The number of thioether (sulfide) groups is 1. The van der Waals surface area contributed by atoms with E-state index >= 15 is 0 Å². The van der Waals surface area contributed by atoms with Crippen LogP contribution < -0.4 is 11.0 Å². The summed E-state index contributed by atoms with van der Waals surface area (Å²) >= 11 is 3.02. The summed E-state index contributed by atoms with van der Waals surface area (Å²) in [5, 5.41) is 1.67. The summed E-state index contributed by atoms with van der Waals surface area (Å²) in [6.07, 6.45) is 8.81. The van der Waals surface area contributed by atoms with Crippen molar-refractivity contribution >= 4 is 45.1 Å². The summed E-state index contributed by atoms with van der Waals surface area (Å²) in [7, 11) is 0. The molecule has 4 heterocycles. The van der Waals surface area contributed by atoms with Crippen molar-refractivity contribution in [2.24, 2.45) is 0 Å². The molecule has 1 fully saturated rings. The fourth-order valence-corrected chi connectivity index (χ4v) is 6.27. The van der Waals surface area contributed by atoms with Crippen LogP contribution in [0, 0.1) is 0 Å². The summed E-state index contributed by atoms with van der Waals surface area (Å²) < 4.78 is 1.33. The maximum atomic E-state index is 13.0. The third-order valence-corrected chi connectivity index (χ3v) is 7.77. The topological polar surface area (TPSA) is 97.2 Å². The molecule has 1 aliphatic heterocycles. The lowest BCUT2D eigenvalue weighted by atomic mass is 9.97. The van der Waals surface area contributed by atoms with Gasteiger partial charge in [0.15, 0.2) is 0 Å². The molecular weight excluding hydrogens is 422 g/mol. The zero-order valence-corrected chi connectivity index (χ0v) is 17.7. The van der Waals surface area contributed by atoms with Crippen LogP contribution in [0.5, 0.6) is 0 Å². The van der Waals surface area contributed by atoms with Crippen LogP contribution in [0.4, 0.5) is 0 Å². The lowest BCUT2D eigenvalue weighted by Crippen LogP contribution is -2.46. The molecule has 1 N–H and O–H groups in total. The summed E-state index contributed by atoms with van der Waals surface area (Å²) in [6.45, 7) is -0.191. The maximum Gasteiger partial charge on any atom is 0.262 e. The van der Waals surface area contributed by atoms with E-state index in [0.29, 0.717) is 5.39 Å². The third-order valence-electron chi connectivity index (χ3n) is 5.36. The number of thiophene rings is 1. The second-order valence-electron chi connectivity index (χ2n) is 7.31. The molecule has 8 nitrogen and oxygen atoms in total. The van der Waals surface area contributed by atoms with Crippen molar-refractivity contribution in [3.8, 4) is 0 Å². The average molecular weight is 442 g/mol. The summed E-state index contributed by atoms with van der Waals surface area (Å²) in [5.41, 5.74) is 4.46. The molecule has 1 atom stereocenters. The van der Waals surface area contributed by atoms with Crippen LogP contribution in [0.3, 0.4) is 0 Å². The standard InChI is InChI=1S/C20H19N5O3S2/c26-15(23-25-16(27)10-29-20(25)12-5-7-21-8-6-12)9-24-11-22-18-17(19(24)28)13-3-1-2-4-14(13)30-18/h5-8,11,20H,1-4,9-10H2,(H,23,26). The Morgan fingerprint density at radius 1 is 1.20 bits per heavy atom. The summed E-state index contributed by atoms with van der Waals surface area (Å²) in [4.78, 5) is 48.4. The molecule has 0 aromatic carbocycles. The van der Waals surface area contributed by atoms with Crippen LogP contribution in [0.1, 0.15) is 34.2 Å². The van der Waals surface area contributed by atoms with Gasteiger partial charge >= 0.3 is 0 Å². The van der Waals surface area contributed by atoms with Gasteiger partial charge < -0.3 is 0 Å². The Balaban J connectivity index is 1.37. The number of hydrogen-bond acceptors (Lipinski definition) is 7. The number of nitrogens with zero attached hydrogens (tertiary/aromatic N) is 4. The maximum absolute atomic E-state index is 13.0. The Morgan fingerprint density at radius 3 is 2.83 bits per heavy atom. The number of rotatable bonds is 4. The predicted molar refractivity (Wildman–Crippen MR) is 115 cm³/mol. The van der Waals surface area contributed by atoms with E-state index in [0.717, 1.165) is 41.6 Å². The van der Waals surface area contributed by atoms with Crippen LogP contribution in [0.2, 0.25) is 0 Å². The fraction of sp³-hybridized carbons (Fsp3) is 0.350. The largest absolute Gasteiger partial charge is 0.289 e. The SMILES string of the molecule is O=C(Cn1cnc2sc3c(c2c1=O)CCCC3)NN1C(=O)CSC1c1ccncc1. The monoisotopic (exact) mass is 441 g/mol. The molecule has 0 radical (unpaired) electrons. The molecule has 10 heteroatoms. The van der Waals surface area contributed by atoms with Gasteiger partial charge in [-0.1, -0.05) is 0 Å². The molecule has 1 saturated heterocycles. The zero-order chi connectivity index (χ0) is 20.7. The van der Waals surface area contributed by atoms with E-state index in [2.05, 4.69) is 15.4 Å². The number of carbonyl (C=O) groups is 2. The Hall–Kier alpha value is -2.72. The summed E-state index contributed by atoms with van der Waals surface area (Å²) in [5.74, 6) is -0.331. The highest BCUT2D eigenvalue weighted by Crippen LogP contribution is 2.37. The quantitative estimate of drug-likeness (QED) is 0.666. The molecule has 30 heavy (non-hydrogen) atoms. The van der Waals surface area contributed by atoms with E-state index in [4.69, 9.17) is 0 Å². The second-order valence-corrected chi connectivity index (χ2v) is 9.46. The minimum Gasteiger partial charge on any atom is -0.289 e. The van der Waals surface area contributed by atoms with Crippen molar-refractivity contribution in [3.05, 3.63) is 57.2 Å². The molecule has 0 spiro atoms. The van der Waals surface area contributed by atoms with Crippen molar-refractivity contribution < 1.29 is 9.59 Å². The van der Waals surface area contributed by atoms with Gasteiger partial charge in [0.2, 0.25) is 0 Å². The predicted octanol–water partition coefficient (Wildman–Crippen LogP) is 2.04. The van der Waals surface area contributed by atoms with E-state index in [1.165, 1.54) is 32.5 Å². The number of hydrazine groups is 1. The van der Waals surface area contributed by atoms with Gasteiger partial charge in [-0.2, -0.15) is 0 Å². The van der Waals surface area contributed by atoms with Gasteiger partial charge in [-0.3, -0.25) is 29.4 Å². The number of amides is 2. The van der Waals surface area contributed by atoms with Gasteiger partial charge in [-0.05, 0) is 48.9 Å². The Kier molecular flexibility index (Phi) is 5.03. The van der Waals surface area contributed by atoms with Gasteiger partial charge in [0.25, 0.3) is 17.4 Å². The zero-order valence-electron chi connectivity index (χ0n) is 16.0. The highest BCUT2D eigenvalue weighted by atomic mass is 32.2. The molecular formula is C20H19N5O3S2. The molecule has 0 saturated carbocycles. The van der Waals surface area contributed by atoms with Crippen LogP contribution in [-0.4, -0.2) is 37.1 Å². The number of pyridine rings is 1. The number of nitrogens with one attached hydrogen (secondary N) is 1. The minimum absolute atomic E-state index is 0.178. The van der Waals surface area contributed by atoms with Crippen LogP contribution in [0.15, 0.2) is 35.6 Å². The van der Waals surface area contributed by atoms with Gasteiger partial charge in [0.1, 0.15) is 16.7 Å². The van der Waals surface area contributed by atoms with Crippen molar-refractivity contribution in [2.75, 3.05) is 5.75 Å². The van der Waals surface area contributed by atoms with Gasteiger partial charge in [0.05, 0.1) is 17.5 Å². The Labute approximate surface area is 180 Å². The van der Waals surface area contributed by atoms with Gasteiger partial charge in [0, 0.05) is 17.3 Å². The van der Waals surface area contributed by atoms with E-state index in [9.17, 15) is 14.4 Å². The lowest BCUT2D eigenvalue weighted by molar-refractivity contribution is -0.139. The Bertz CT molecular complexity index is 1190. The van der Waals surface area contributed by atoms with Crippen LogP contribution in [0.25, 0.3) is 10.2 Å². The van der Waals surface area contributed by atoms with Crippen LogP contribution in [-0.2, 0) is 29.0 Å². The first kappa shape index (κ1) is 19.3. The van der Waals surface area contributed by atoms with Crippen molar-refractivity contribution in [3.63, 3.8) is 0 Å². The normalized spacial score (nSPS) is 18.6. The van der Waals surface area contributed by atoms with Gasteiger partial charge in [-0.25, -0.2) is 9.99 Å². The molecule has 1 unspecified atom stereocenters. The molecule has 2 amide bonds. The molecule has 3 aromatic rings. The van der Waals surface area contributed by atoms with E-state index in [-0.39, 0.29) is 29.1 Å². The van der Waals surface area contributed by atoms with Crippen molar-refractivity contribution in [1.29, 1.82) is 0 Å². The summed E-state index contributed by atoms with van der Waals surface area (Å²) in [6, 6.07) is 3.63. The molecule has 1 aliphatic carbocycles. The molecule has 2 aliphatic rings. The highest BCUT2D eigenvalue weighted by molar-refractivity contribution is 8.00.